The van der Waals surface area contributed by atoms with Gasteiger partial charge in [-0.15, -0.1) is 11.3 Å². The van der Waals surface area contributed by atoms with Crippen LogP contribution in [0.15, 0.2) is 10.4 Å². The van der Waals surface area contributed by atoms with Crippen LogP contribution in [0.2, 0.25) is 0 Å². The van der Waals surface area contributed by atoms with Crippen molar-refractivity contribution in [1.29, 1.82) is 0 Å². The Kier molecular flexibility index (Phi) is 7.69. The van der Waals surface area contributed by atoms with E-state index in [1.165, 1.54) is 6.42 Å². The van der Waals surface area contributed by atoms with E-state index in [0.29, 0.717) is 5.92 Å². The lowest BCUT2D eigenvalue weighted by Gasteiger charge is -2.39. The molecular weight excluding hydrogens is 332 g/mol. The lowest BCUT2D eigenvalue weighted by molar-refractivity contribution is -0.0823. The van der Waals surface area contributed by atoms with Crippen LogP contribution in [0.1, 0.15) is 51.2 Å². The van der Waals surface area contributed by atoms with E-state index in [-0.39, 0.29) is 11.5 Å². The van der Waals surface area contributed by atoms with E-state index in [0.717, 1.165) is 55.7 Å². The molecule has 1 aromatic heterocycles. The fourth-order valence-corrected chi connectivity index (χ4v) is 4.02. The first-order valence-corrected chi connectivity index (χ1v) is 10.3. The monoisotopic (exact) mass is 366 g/mol. The Balaban J connectivity index is 1.88. The normalized spacial score (nSPS) is 22.0. The van der Waals surface area contributed by atoms with Gasteiger partial charge in [0.15, 0.2) is 5.96 Å². The largest absolute Gasteiger partial charge is 0.377 e. The first-order valence-electron chi connectivity index (χ1n) is 9.45. The SMILES string of the molecule is CCNC(=NCC1CCCOC1C(C)(C)C)NCCc1csc(C)n1. The number of hydrogen-bond acceptors (Lipinski definition) is 4. The van der Waals surface area contributed by atoms with Gasteiger partial charge in [-0.2, -0.15) is 0 Å². The molecule has 0 amide bonds. The number of rotatable bonds is 6. The number of nitrogens with one attached hydrogen (secondary N) is 2. The van der Waals surface area contributed by atoms with Crippen molar-refractivity contribution in [2.75, 3.05) is 26.2 Å². The quantitative estimate of drug-likeness (QED) is 0.598. The molecule has 0 aliphatic carbocycles. The van der Waals surface area contributed by atoms with Crippen LogP contribution in [0, 0.1) is 18.3 Å². The lowest BCUT2D eigenvalue weighted by atomic mass is 9.78. The molecule has 2 N–H and O–H groups in total. The maximum absolute atomic E-state index is 6.07. The fraction of sp³-hybridized carbons (Fsp3) is 0.789. The van der Waals surface area contributed by atoms with E-state index in [1.54, 1.807) is 11.3 Å². The smallest absolute Gasteiger partial charge is 0.191 e. The Morgan fingerprint density at radius 3 is 2.84 bits per heavy atom. The van der Waals surface area contributed by atoms with Crippen LogP contribution in [-0.4, -0.2) is 43.3 Å². The summed E-state index contributed by atoms with van der Waals surface area (Å²) in [6.07, 6.45) is 3.54. The first kappa shape index (κ1) is 20.2. The van der Waals surface area contributed by atoms with Crippen LogP contribution in [0.25, 0.3) is 0 Å². The first-order chi connectivity index (χ1) is 11.9. The fourth-order valence-electron chi connectivity index (χ4n) is 3.37. The minimum absolute atomic E-state index is 0.162. The third-order valence-corrected chi connectivity index (χ3v) is 5.29. The van der Waals surface area contributed by atoms with Crippen molar-refractivity contribution in [3.8, 4) is 0 Å². The van der Waals surface area contributed by atoms with Gasteiger partial charge in [0.1, 0.15) is 0 Å². The zero-order valence-corrected chi connectivity index (χ0v) is 17.2. The third-order valence-electron chi connectivity index (χ3n) is 4.47. The Hall–Kier alpha value is -1.14. The highest BCUT2D eigenvalue weighted by atomic mass is 32.1. The summed E-state index contributed by atoms with van der Waals surface area (Å²) in [6, 6.07) is 0. The molecule has 0 aromatic carbocycles. The van der Waals surface area contributed by atoms with Crippen molar-refractivity contribution in [2.45, 2.75) is 60.0 Å². The van der Waals surface area contributed by atoms with Gasteiger partial charge in [-0.25, -0.2) is 4.98 Å². The average molecular weight is 367 g/mol. The zero-order chi connectivity index (χ0) is 18.3. The molecular formula is C19H34N4OS. The van der Waals surface area contributed by atoms with E-state index in [2.05, 4.69) is 48.7 Å². The minimum Gasteiger partial charge on any atom is -0.377 e. The minimum atomic E-state index is 0.162. The van der Waals surface area contributed by atoms with Crippen molar-refractivity contribution in [2.24, 2.45) is 16.3 Å². The van der Waals surface area contributed by atoms with Gasteiger partial charge in [-0.3, -0.25) is 4.99 Å². The molecule has 0 spiro atoms. The number of thiazole rings is 1. The Labute approximate surface area is 156 Å². The average Bonchev–Trinajstić information content (AvgIpc) is 2.97. The van der Waals surface area contributed by atoms with Crippen LogP contribution in [0.3, 0.4) is 0 Å². The molecule has 25 heavy (non-hydrogen) atoms. The standard InChI is InChI=1S/C19H34N4OS/c1-6-20-18(21-10-9-16-13-25-14(2)23-16)22-12-15-8-7-11-24-17(15)19(3,4)5/h13,15,17H,6-12H2,1-5H3,(H2,20,21,22). The Morgan fingerprint density at radius 2 is 2.20 bits per heavy atom. The summed E-state index contributed by atoms with van der Waals surface area (Å²) in [4.78, 5) is 9.35. The topological polar surface area (TPSA) is 58.5 Å². The van der Waals surface area contributed by atoms with Crippen molar-refractivity contribution in [3.05, 3.63) is 16.1 Å². The third kappa shape index (κ3) is 6.59. The molecule has 5 nitrogen and oxygen atoms in total. The van der Waals surface area contributed by atoms with E-state index in [9.17, 15) is 0 Å². The molecule has 2 rings (SSSR count). The van der Waals surface area contributed by atoms with E-state index < -0.39 is 0 Å². The molecule has 2 atom stereocenters. The van der Waals surface area contributed by atoms with Crippen LogP contribution >= 0.6 is 11.3 Å². The summed E-state index contributed by atoms with van der Waals surface area (Å²) in [5.41, 5.74) is 1.31. The van der Waals surface area contributed by atoms with Gasteiger partial charge in [0, 0.05) is 44.0 Å². The Bertz CT molecular complexity index is 550. The highest BCUT2D eigenvalue weighted by Gasteiger charge is 2.35. The molecule has 142 valence electrons. The summed E-state index contributed by atoms with van der Waals surface area (Å²) in [6.45, 7) is 14.3. The predicted octanol–water partition coefficient (Wildman–Crippen LogP) is 3.39. The number of aliphatic imine (C=N–C) groups is 1. The van der Waals surface area contributed by atoms with Crippen LogP contribution in [0.4, 0.5) is 0 Å². The highest BCUT2D eigenvalue weighted by molar-refractivity contribution is 7.09. The Morgan fingerprint density at radius 1 is 1.40 bits per heavy atom. The van der Waals surface area contributed by atoms with Gasteiger partial charge in [0.05, 0.1) is 16.8 Å². The summed E-state index contributed by atoms with van der Waals surface area (Å²) in [5, 5.41) is 10.0. The zero-order valence-electron chi connectivity index (χ0n) is 16.4. The molecule has 0 bridgehead atoms. The molecule has 1 saturated heterocycles. The van der Waals surface area contributed by atoms with Crippen molar-refractivity contribution in [1.82, 2.24) is 15.6 Å². The van der Waals surface area contributed by atoms with Gasteiger partial charge in [-0.1, -0.05) is 20.8 Å². The molecule has 1 aliphatic heterocycles. The maximum Gasteiger partial charge on any atom is 0.191 e. The van der Waals surface area contributed by atoms with Gasteiger partial charge >= 0.3 is 0 Å². The van der Waals surface area contributed by atoms with E-state index in [1.807, 2.05) is 6.92 Å². The summed E-state index contributed by atoms with van der Waals surface area (Å²) in [5.74, 6) is 1.39. The van der Waals surface area contributed by atoms with Crippen molar-refractivity contribution < 1.29 is 4.74 Å². The van der Waals surface area contributed by atoms with Crippen LogP contribution in [-0.2, 0) is 11.2 Å². The summed E-state index contributed by atoms with van der Waals surface area (Å²) < 4.78 is 6.07. The summed E-state index contributed by atoms with van der Waals surface area (Å²) in [7, 11) is 0. The van der Waals surface area contributed by atoms with Crippen LogP contribution < -0.4 is 10.6 Å². The second-order valence-electron chi connectivity index (χ2n) is 7.81. The van der Waals surface area contributed by atoms with Gasteiger partial charge in [0.25, 0.3) is 0 Å². The number of ether oxygens (including phenoxy) is 1. The summed E-state index contributed by atoms with van der Waals surface area (Å²) >= 11 is 1.71. The number of hydrogen-bond donors (Lipinski definition) is 2. The molecule has 2 unspecified atom stereocenters. The molecule has 1 aromatic rings. The number of guanidine groups is 1. The lowest BCUT2D eigenvalue weighted by Crippen LogP contribution is -2.43. The molecule has 6 heteroatoms. The molecule has 0 radical (unpaired) electrons. The van der Waals surface area contributed by atoms with E-state index in [4.69, 9.17) is 9.73 Å². The molecule has 1 fully saturated rings. The second-order valence-corrected chi connectivity index (χ2v) is 8.88. The number of nitrogens with zero attached hydrogens (tertiary/aromatic N) is 2. The second kappa shape index (κ2) is 9.53. The number of aryl methyl sites for hydroxylation is 1. The van der Waals surface area contributed by atoms with Crippen LogP contribution in [0.5, 0.6) is 0 Å². The van der Waals surface area contributed by atoms with E-state index >= 15 is 0 Å². The molecule has 2 heterocycles. The highest BCUT2D eigenvalue weighted by Crippen LogP contribution is 2.34. The van der Waals surface area contributed by atoms with Gasteiger partial charge in [-0.05, 0) is 32.1 Å². The molecule has 1 aliphatic rings. The maximum atomic E-state index is 6.07. The van der Waals surface area contributed by atoms with Gasteiger partial charge in [0.2, 0.25) is 0 Å². The van der Waals surface area contributed by atoms with Gasteiger partial charge < -0.3 is 15.4 Å². The predicted molar refractivity (Wildman–Crippen MR) is 106 cm³/mol. The van der Waals surface area contributed by atoms with Crippen molar-refractivity contribution >= 4 is 17.3 Å². The van der Waals surface area contributed by atoms with Crippen molar-refractivity contribution in [3.63, 3.8) is 0 Å². The molecule has 0 saturated carbocycles. The number of aromatic nitrogens is 1.